The fourth-order valence-electron chi connectivity index (χ4n) is 2.90. The summed E-state index contributed by atoms with van der Waals surface area (Å²) in [4.78, 5) is 12.8. The number of anilines is 1. The van der Waals surface area contributed by atoms with E-state index in [1.54, 1.807) is 24.3 Å². The van der Waals surface area contributed by atoms with Crippen LogP contribution < -0.4 is 10.1 Å². The van der Waals surface area contributed by atoms with Crippen LogP contribution in [0.3, 0.4) is 0 Å². The molecule has 3 aromatic carbocycles. The van der Waals surface area contributed by atoms with E-state index in [-0.39, 0.29) is 11.8 Å². The van der Waals surface area contributed by atoms with Gasteiger partial charge in [0.15, 0.2) is 5.78 Å². The SMILES string of the molecule is CCOc1ccc([C@H](CC(=O)c2ccc(Cl)cc2)Nc2ccc(Cl)cc2)cc1. The van der Waals surface area contributed by atoms with Crippen molar-refractivity contribution in [1.82, 2.24) is 0 Å². The lowest BCUT2D eigenvalue weighted by atomic mass is 9.97. The first-order valence-corrected chi connectivity index (χ1v) is 9.84. The Balaban J connectivity index is 1.83. The average Bonchev–Trinajstić information content (AvgIpc) is 2.70. The third-order valence-corrected chi connectivity index (χ3v) is 4.84. The average molecular weight is 414 g/mol. The molecule has 0 fully saturated rings. The molecule has 0 saturated heterocycles. The normalized spacial score (nSPS) is 11.7. The van der Waals surface area contributed by atoms with Crippen LogP contribution in [0.1, 0.15) is 35.3 Å². The van der Waals surface area contributed by atoms with E-state index in [1.807, 2.05) is 55.5 Å². The van der Waals surface area contributed by atoms with Gasteiger partial charge in [0.1, 0.15) is 5.75 Å². The summed E-state index contributed by atoms with van der Waals surface area (Å²) in [7, 11) is 0. The Bertz CT molecular complexity index is 907. The van der Waals surface area contributed by atoms with Crippen molar-refractivity contribution in [2.24, 2.45) is 0 Å². The van der Waals surface area contributed by atoms with Crippen molar-refractivity contribution in [3.8, 4) is 5.75 Å². The van der Waals surface area contributed by atoms with Gasteiger partial charge in [0.2, 0.25) is 0 Å². The molecule has 0 aliphatic heterocycles. The molecule has 0 aliphatic carbocycles. The Morgan fingerprint density at radius 1 is 0.893 bits per heavy atom. The second-order valence-electron chi connectivity index (χ2n) is 6.34. The van der Waals surface area contributed by atoms with Gasteiger partial charge in [-0.15, -0.1) is 0 Å². The molecule has 5 heteroatoms. The van der Waals surface area contributed by atoms with Gasteiger partial charge in [-0.05, 0) is 73.2 Å². The number of carbonyl (C=O) groups is 1. The molecule has 3 nitrogen and oxygen atoms in total. The maximum atomic E-state index is 12.8. The van der Waals surface area contributed by atoms with Gasteiger partial charge in [0.05, 0.1) is 12.6 Å². The first kappa shape index (κ1) is 20.2. The minimum Gasteiger partial charge on any atom is -0.494 e. The predicted molar refractivity (Wildman–Crippen MR) is 116 cm³/mol. The Morgan fingerprint density at radius 2 is 1.46 bits per heavy atom. The molecule has 1 atom stereocenters. The molecular formula is C23H21Cl2NO2. The van der Waals surface area contributed by atoms with Gasteiger partial charge in [-0.2, -0.15) is 0 Å². The van der Waals surface area contributed by atoms with Gasteiger partial charge < -0.3 is 10.1 Å². The van der Waals surface area contributed by atoms with Gasteiger partial charge in [-0.1, -0.05) is 35.3 Å². The monoisotopic (exact) mass is 413 g/mol. The molecule has 0 unspecified atom stereocenters. The van der Waals surface area contributed by atoms with Crippen molar-refractivity contribution < 1.29 is 9.53 Å². The molecule has 144 valence electrons. The van der Waals surface area contributed by atoms with E-state index in [1.165, 1.54) is 0 Å². The zero-order valence-electron chi connectivity index (χ0n) is 15.5. The van der Waals surface area contributed by atoms with Crippen LogP contribution in [0, 0.1) is 0 Å². The number of nitrogens with one attached hydrogen (secondary N) is 1. The van der Waals surface area contributed by atoms with Crippen molar-refractivity contribution in [2.75, 3.05) is 11.9 Å². The Kier molecular flexibility index (Phi) is 6.96. The molecule has 0 aliphatic rings. The highest BCUT2D eigenvalue weighted by molar-refractivity contribution is 6.31. The van der Waals surface area contributed by atoms with E-state index in [0.29, 0.717) is 28.6 Å². The predicted octanol–water partition coefficient (Wildman–Crippen LogP) is 6.82. The third-order valence-electron chi connectivity index (χ3n) is 4.33. The zero-order chi connectivity index (χ0) is 19.9. The van der Waals surface area contributed by atoms with Gasteiger partial charge >= 0.3 is 0 Å². The molecule has 0 saturated carbocycles. The molecule has 1 N–H and O–H groups in total. The maximum absolute atomic E-state index is 12.8. The van der Waals surface area contributed by atoms with Crippen LogP contribution >= 0.6 is 23.2 Å². The fourth-order valence-corrected chi connectivity index (χ4v) is 3.15. The van der Waals surface area contributed by atoms with Crippen LogP contribution in [0.15, 0.2) is 72.8 Å². The number of hydrogen-bond acceptors (Lipinski definition) is 3. The van der Waals surface area contributed by atoms with Crippen LogP contribution in [0.4, 0.5) is 5.69 Å². The molecule has 0 aromatic heterocycles. The highest BCUT2D eigenvalue weighted by Gasteiger charge is 2.18. The summed E-state index contributed by atoms with van der Waals surface area (Å²) in [6.45, 7) is 2.56. The van der Waals surface area contributed by atoms with Crippen molar-refractivity contribution in [2.45, 2.75) is 19.4 Å². The topological polar surface area (TPSA) is 38.3 Å². The molecule has 0 radical (unpaired) electrons. The van der Waals surface area contributed by atoms with Crippen molar-refractivity contribution in [1.29, 1.82) is 0 Å². The van der Waals surface area contributed by atoms with E-state index in [0.717, 1.165) is 17.0 Å². The quantitative estimate of drug-likeness (QED) is 0.411. The second kappa shape index (κ2) is 9.63. The van der Waals surface area contributed by atoms with E-state index in [4.69, 9.17) is 27.9 Å². The molecule has 3 aromatic rings. The summed E-state index contributed by atoms with van der Waals surface area (Å²) in [6, 6.07) is 22.0. The molecule has 3 rings (SSSR count). The van der Waals surface area contributed by atoms with E-state index >= 15 is 0 Å². The minimum atomic E-state index is -0.194. The lowest BCUT2D eigenvalue weighted by Crippen LogP contribution is -2.16. The lowest BCUT2D eigenvalue weighted by molar-refractivity contribution is 0.0976. The van der Waals surface area contributed by atoms with Crippen molar-refractivity contribution in [3.05, 3.63) is 94.0 Å². The maximum Gasteiger partial charge on any atom is 0.165 e. The van der Waals surface area contributed by atoms with Crippen LogP contribution in [0.5, 0.6) is 5.75 Å². The van der Waals surface area contributed by atoms with Gasteiger partial charge in [-0.3, -0.25) is 4.79 Å². The number of rotatable bonds is 8. The first-order chi connectivity index (χ1) is 13.5. The number of halogens is 2. The van der Waals surface area contributed by atoms with Crippen molar-refractivity contribution >= 4 is 34.7 Å². The Labute approximate surface area is 175 Å². The summed E-state index contributed by atoms with van der Waals surface area (Å²) < 4.78 is 5.52. The van der Waals surface area contributed by atoms with E-state index in [2.05, 4.69) is 5.32 Å². The smallest absolute Gasteiger partial charge is 0.165 e. The lowest BCUT2D eigenvalue weighted by Gasteiger charge is -2.20. The first-order valence-electron chi connectivity index (χ1n) is 9.09. The van der Waals surface area contributed by atoms with Crippen LogP contribution in [0.25, 0.3) is 0 Å². The number of hydrogen-bond donors (Lipinski definition) is 1. The van der Waals surface area contributed by atoms with Crippen LogP contribution in [-0.4, -0.2) is 12.4 Å². The molecule has 28 heavy (non-hydrogen) atoms. The summed E-state index contributed by atoms with van der Waals surface area (Å²) in [5, 5.41) is 4.72. The summed E-state index contributed by atoms with van der Waals surface area (Å²) in [5.74, 6) is 0.845. The molecule has 0 heterocycles. The standard InChI is InChI=1S/C23H21Cl2NO2/c1-2-28-21-13-5-16(6-14-21)22(26-20-11-9-19(25)10-12-20)15-23(27)17-3-7-18(24)8-4-17/h3-14,22,26H,2,15H2,1H3/t22-/m0/s1. The fraction of sp³-hybridized carbons (Fsp3) is 0.174. The minimum absolute atomic E-state index is 0.0389. The van der Waals surface area contributed by atoms with Gasteiger partial charge in [0, 0.05) is 27.7 Å². The molecule has 0 amide bonds. The Hall–Kier alpha value is -2.49. The number of carbonyl (C=O) groups excluding carboxylic acids is 1. The molecular weight excluding hydrogens is 393 g/mol. The summed E-state index contributed by atoms with van der Waals surface area (Å²) in [5.41, 5.74) is 2.53. The van der Waals surface area contributed by atoms with Gasteiger partial charge in [-0.25, -0.2) is 0 Å². The highest BCUT2D eigenvalue weighted by atomic mass is 35.5. The summed E-state index contributed by atoms with van der Waals surface area (Å²) >= 11 is 11.9. The van der Waals surface area contributed by atoms with E-state index in [9.17, 15) is 4.79 Å². The second-order valence-corrected chi connectivity index (χ2v) is 7.21. The zero-order valence-corrected chi connectivity index (χ0v) is 17.0. The van der Waals surface area contributed by atoms with Crippen molar-refractivity contribution in [3.63, 3.8) is 0 Å². The highest BCUT2D eigenvalue weighted by Crippen LogP contribution is 2.27. The van der Waals surface area contributed by atoms with Gasteiger partial charge in [0.25, 0.3) is 0 Å². The largest absolute Gasteiger partial charge is 0.494 e. The number of Topliss-reactive ketones (excluding diaryl/α,β-unsaturated/α-hetero) is 1. The Morgan fingerprint density at radius 3 is 2.04 bits per heavy atom. The number of ketones is 1. The number of benzene rings is 3. The summed E-state index contributed by atoms with van der Waals surface area (Å²) in [6.07, 6.45) is 0.304. The van der Waals surface area contributed by atoms with E-state index < -0.39 is 0 Å². The van der Waals surface area contributed by atoms with Crippen LogP contribution in [0.2, 0.25) is 10.0 Å². The molecule has 0 spiro atoms. The van der Waals surface area contributed by atoms with Crippen LogP contribution in [-0.2, 0) is 0 Å². The third kappa shape index (κ3) is 5.51. The number of ether oxygens (including phenoxy) is 1. The molecule has 0 bridgehead atoms.